The molecule has 0 saturated heterocycles. The summed E-state index contributed by atoms with van der Waals surface area (Å²) in [6.07, 6.45) is 7.41. The molecule has 1 amide bonds. The predicted octanol–water partition coefficient (Wildman–Crippen LogP) is 3.41. The van der Waals surface area contributed by atoms with E-state index in [1.165, 1.54) is 25.1 Å². The lowest BCUT2D eigenvalue weighted by Gasteiger charge is -2.24. The van der Waals surface area contributed by atoms with Crippen LogP contribution in [0.2, 0.25) is 0 Å². The first-order valence-electron chi connectivity index (χ1n) is 8.63. The maximum absolute atomic E-state index is 13.4. The Bertz CT molecular complexity index is 744. The minimum atomic E-state index is -0.396. The van der Waals surface area contributed by atoms with Crippen molar-refractivity contribution in [1.82, 2.24) is 14.6 Å². The van der Waals surface area contributed by atoms with Crippen molar-refractivity contribution < 1.29 is 9.18 Å². The maximum atomic E-state index is 13.4. The smallest absolute Gasteiger partial charge is 0.242 e. The first-order chi connectivity index (χ1) is 12.1. The average molecular weight is 362 g/mol. The van der Waals surface area contributed by atoms with E-state index < -0.39 is 5.82 Å². The van der Waals surface area contributed by atoms with E-state index >= 15 is 0 Å². The van der Waals surface area contributed by atoms with Gasteiger partial charge in [0.25, 0.3) is 0 Å². The number of amides is 1. The van der Waals surface area contributed by atoms with Crippen LogP contribution in [0.4, 0.5) is 4.39 Å². The minimum Gasteiger partial charge on any atom is -0.273 e. The molecule has 1 fully saturated rings. The molecule has 0 aromatic carbocycles. The van der Waals surface area contributed by atoms with Crippen molar-refractivity contribution in [3.63, 3.8) is 0 Å². The van der Waals surface area contributed by atoms with Gasteiger partial charge in [-0.15, -0.1) is 0 Å². The number of aromatic nitrogens is 3. The molecular formula is C18H23FN4OS. The summed E-state index contributed by atoms with van der Waals surface area (Å²) in [5.74, 6) is 2.84. The van der Waals surface area contributed by atoms with Gasteiger partial charge in [-0.25, -0.2) is 19.1 Å². The van der Waals surface area contributed by atoms with Crippen molar-refractivity contribution in [2.45, 2.75) is 33.1 Å². The Labute approximate surface area is 151 Å². The van der Waals surface area contributed by atoms with E-state index in [-0.39, 0.29) is 5.91 Å². The van der Waals surface area contributed by atoms with E-state index in [1.54, 1.807) is 29.2 Å². The summed E-state index contributed by atoms with van der Waals surface area (Å²) < 4.78 is 15.3. The van der Waals surface area contributed by atoms with Gasteiger partial charge in [0.15, 0.2) is 0 Å². The summed E-state index contributed by atoms with van der Waals surface area (Å²) >= 11 is 1.77. The van der Waals surface area contributed by atoms with Gasteiger partial charge in [0.1, 0.15) is 11.6 Å². The van der Waals surface area contributed by atoms with Crippen LogP contribution in [0.25, 0.3) is 11.3 Å². The number of hydrogen-bond donors (Lipinski definition) is 0. The van der Waals surface area contributed by atoms with Gasteiger partial charge in [0.2, 0.25) is 5.91 Å². The number of thioether (sulfide) groups is 1. The Kier molecular flexibility index (Phi) is 5.73. The Hall–Kier alpha value is -1.89. The Morgan fingerprint density at radius 3 is 2.92 bits per heavy atom. The van der Waals surface area contributed by atoms with Crippen LogP contribution in [0.1, 0.15) is 32.0 Å². The molecule has 0 unspecified atom stereocenters. The van der Waals surface area contributed by atoms with Gasteiger partial charge in [-0.3, -0.25) is 9.78 Å². The number of carbonyl (C=O) groups is 1. The molecular weight excluding hydrogens is 339 g/mol. The highest BCUT2D eigenvalue weighted by Gasteiger charge is 2.28. The van der Waals surface area contributed by atoms with Gasteiger partial charge in [-0.05, 0) is 37.5 Å². The van der Waals surface area contributed by atoms with E-state index in [1.807, 2.05) is 11.6 Å². The third-order valence-corrected chi connectivity index (χ3v) is 5.10. The molecule has 0 spiro atoms. The molecule has 2 heterocycles. The molecule has 2 aromatic heterocycles. The lowest BCUT2D eigenvalue weighted by molar-refractivity contribution is -0.119. The van der Waals surface area contributed by atoms with Crippen LogP contribution >= 0.6 is 11.8 Å². The monoisotopic (exact) mass is 362 g/mol. The first-order valence-corrected chi connectivity index (χ1v) is 9.79. The summed E-state index contributed by atoms with van der Waals surface area (Å²) in [5.41, 5.74) is 1.24. The fourth-order valence-electron chi connectivity index (χ4n) is 2.69. The molecule has 25 heavy (non-hydrogen) atoms. The van der Waals surface area contributed by atoms with Crippen LogP contribution in [-0.2, 0) is 4.79 Å². The normalized spacial score (nSPS) is 13.9. The Morgan fingerprint density at radius 1 is 1.44 bits per heavy atom. The summed E-state index contributed by atoms with van der Waals surface area (Å²) in [6.45, 7) is 4.67. The van der Waals surface area contributed by atoms with Gasteiger partial charge in [0.05, 0.1) is 18.1 Å². The molecule has 134 valence electrons. The van der Waals surface area contributed by atoms with Crippen molar-refractivity contribution in [3.8, 4) is 11.3 Å². The minimum absolute atomic E-state index is 0.109. The maximum Gasteiger partial charge on any atom is 0.242 e. The second kappa shape index (κ2) is 7.99. The number of halogens is 1. The van der Waals surface area contributed by atoms with Gasteiger partial charge in [-0.2, -0.15) is 11.8 Å². The molecule has 0 radical (unpaired) electrons. The molecule has 1 saturated carbocycles. The van der Waals surface area contributed by atoms with Crippen molar-refractivity contribution in [2.24, 2.45) is 5.92 Å². The number of rotatable bonds is 8. The quantitative estimate of drug-likeness (QED) is 0.675. The summed E-state index contributed by atoms with van der Waals surface area (Å²) in [4.78, 5) is 21.1. The molecule has 5 nitrogen and oxygen atoms in total. The lowest BCUT2D eigenvalue weighted by atomic mass is 10.2. The Balaban J connectivity index is 1.83. The topological polar surface area (TPSA) is 51.0 Å². The standard InChI is InChI=1S/C18H23FN4OS/c1-3-25-7-6-18(24)23(11-14-4-5-14)22-12-17(21-13(22)2)15-8-16(19)10-20-9-15/h8-10,12,14H,3-7,11H2,1-2H3. The van der Waals surface area contributed by atoms with Gasteiger partial charge < -0.3 is 0 Å². The molecule has 0 atom stereocenters. The SMILES string of the molecule is CCSCCC(=O)N(CC1CC1)n1cc(-c2cncc(F)c2)nc1C. The summed E-state index contributed by atoms with van der Waals surface area (Å²) in [7, 11) is 0. The molecule has 1 aliphatic carbocycles. The van der Waals surface area contributed by atoms with Crippen LogP contribution in [0, 0.1) is 18.7 Å². The molecule has 3 rings (SSSR count). The van der Waals surface area contributed by atoms with Crippen molar-refractivity contribution in [1.29, 1.82) is 0 Å². The van der Waals surface area contributed by atoms with E-state index in [4.69, 9.17) is 0 Å². The molecule has 1 aliphatic rings. The van der Waals surface area contributed by atoms with E-state index in [2.05, 4.69) is 16.9 Å². The van der Waals surface area contributed by atoms with Gasteiger partial charge in [0, 0.05) is 30.5 Å². The number of pyridine rings is 1. The average Bonchev–Trinajstić information content (AvgIpc) is 3.33. The number of aryl methyl sites for hydroxylation is 1. The fourth-order valence-corrected chi connectivity index (χ4v) is 3.29. The van der Waals surface area contributed by atoms with Crippen molar-refractivity contribution in [2.75, 3.05) is 23.1 Å². The highest BCUT2D eigenvalue weighted by molar-refractivity contribution is 7.99. The zero-order chi connectivity index (χ0) is 17.8. The number of nitrogens with zero attached hydrogens (tertiary/aromatic N) is 4. The van der Waals surface area contributed by atoms with Crippen LogP contribution in [-0.4, -0.2) is 38.6 Å². The second-order valence-corrected chi connectivity index (χ2v) is 7.67. The summed E-state index contributed by atoms with van der Waals surface area (Å²) in [5, 5.41) is 1.80. The molecule has 0 N–H and O–H groups in total. The molecule has 7 heteroatoms. The third kappa shape index (κ3) is 4.60. The molecule has 0 aliphatic heterocycles. The summed E-state index contributed by atoms with van der Waals surface area (Å²) in [6, 6.07) is 1.41. The van der Waals surface area contributed by atoms with Crippen LogP contribution in [0.15, 0.2) is 24.7 Å². The highest BCUT2D eigenvalue weighted by atomic mass is 32.2. The van der Waals surface area contributed by atoms with E-state index in [0.717, 1.165) is 17.3 Å². The van der Waals surface area contributed by atoms with Crippen LogP contribution in [0.5, 0.6) is 0 Å². The van der Waals surface area contributed by atoms with Gasteiger partial charge >= 0.3 is 0 Å². The Morgan fingerprint density at radius 2 is 2.24 bits per heavy atom. The lowest BCUT2D eigenvalue weighted by Crippen LogP contribution is -2.42. The number of hydrogen-bond acceptors (Lipinski definition) is 4. The van der Waals surface area contributed by atoms with Crippen molar-refractivity contribution in [3.05, 3.63) is 36.3 Å². The largest absolute Gasteiger partial charge is 0.273 e. The van der Waals surface area contributed by atoms with Crippen LogP contribution in [0.3, 0.4) is 0 Å². The number of imidazole rings is 1. The second-order valence-electron chi connectivity index (χ2n) is 6.28. The first kappa shape index (κ1) is 17.9. The van der Waals surface area contributed by atoms with Crippen LogP contribution < -0.4 is 5.01 Å². The highest BCUT2D eigenvalue weighted by Crippen LogP contribution is 2.30. The number of carbonyl (C=O) groups excluding carboxylic acids is 1. The zero-order valence-electron chi connectivity index (χ0n) is 14.6. The van der Waals surface area contributed by atoms with Gasteiger partial charge in [-0.1, -0.05) is 6.92 Å². The molecule has 0 bridgehead atoms. The van der Waals surface area contributed by atoms with E-state index in [0.29, 0.717) is 30.1 Å². The third-order valence-electron chi connectivity index (χ3n) is 4.20. The predicted molar refractivity (Wildman–Crippen MR) is 98.6 cm³/mol. The zero-order valence-corrected chi connectivity index (χ0v) is 15.4. The molecule has 2 aromatic rings. The fraction of sp³-hybridized carbons (Fsp3) is 0.500. The van der Waals surface area contributed by atoms with E-state index in [9.17, 15) is 9.18 Å². The van der Waals surface area contributed by atoms with Crippen molar-refractivity contribution >= 4 is 17.7 Å².